The van der Waals surface area contributed by atoms with Crippen molar-refractivity contribution in [2.24, 2.45) is 5.10 Å². The van der Waals surface area contributed by atoms with E-state index in [1.54, 1.807) is 30.3 Å². The summed E-state index contributed by atoms with van der Waals surface area (Å²) in [5.74, 6) is 0. The lowest BCUT2D eigenvalue weighted by atomic mass is 10.3. The number of halogens is 1. The number of nitrogens with one attached hydrogen (secondary N) is 2. The molecule has 0 saturated carbocycles. The lowest BCUT2D eigenvalue weighted by Gasteiger charge is -2.06. The Kier molecular flexibility index (Phi) is 5.20. The number of hydrogen-bond acceptors (Lipinski definition) is 5. The summed E-state index contributed by atoms with van der Waals surface area (Å²) in [5.41, 5.74) is 3.40. The molecule has 21 heavy (non-hydrogen) atoms. The maximum Gasteiger partial charge on any atom is 0.324 e. The van der Waals surface area contributed by atoms with Gasteiger partial charge in [0.1, 0.15) is 0 Å². The Morgan fingerprint density at radius 2 is 2.05 bits per heavy atom. The van der Waals surface area contributed by atoms with Gasteiger partial charge in [-0.05, 0) is 42.5 Å². The Balaban J connectivity index is 1.86. The molecule has 0 unspecified atom stereocenters. The number of nitrogens with zero attached hydrogens (tertiary/aromatic N) is 2. The zero-order valence-electron chi connectivity index (χ0n) is 10.4. The van der Waals surface area contributed by atoms with Crippen LogP contribution in [0.2, 0.25) is 5.02 Å². The Morgan fingerprint density at radius 3 is 2.67 bits per heavy atom. The highest BCUT2D eigenvalue weighted by Gasteiger charge is 2.07. The molecule has 108 valence electrons. The summed E-state index contributed by atoms with van der Waals surface area (Å²) in [4.78, 5) is 10.8. The molecule has 0 aliphatic carbocycles. The zero-order valence-corrected chi connectivity index (χ0v) is 12.8. The molecule has 0 aliphatic rings. The van der Waals surface area contributed by atoms with Crippen molar-refractivity contribution in [1.82, 2.24) is 5.43 Å². The summed E-state index contributed by atoms with van der Waals surface area (Å²) < 4.78 is 0. The van der Waals surface area contributed by atoms with Crippen molar-refractivity contribution in [2.45, 2.75) is 0 Å². The van der Waals surface area contributed by atoms with E-state index in [1.165, 1.54) is 12.3 Å². The van der Waals surface area contributed by atoms with E-state index < -0.39 is 4.92 Å². The zero-order chi connectivity index (χ0) is 15.2. The minimum absolute atomic E-state index is 0.0679. The van der Waals surface area contributed by atoms with Gasteiger partial charge in [-0.2, -0.15) is 5.10 Å². The highest BCUT2D eigenvalue weighted by atomic mass is 35.5. The van der Waals surface area contributed by atoms with Gasteiger partial charge in [-0.25, -0.2) is 0 Å². The Hall–Kier alpha value is -2.03. The summed E-state index contributed by atoms with van der Waals surface area (Å²) in [7, 11) is 0. The van der Waals surface area contributed by atoms with Crippen molar-refractivity contribution in [3.05, 3.63) is 56.4 Å². The largest absolute Gasteiger partial charge is 0.331 e. The van der Waals surface area contributed by atoms with Crippen molar-refractivity contribution in [3.63, 3.8) is 0 Å². The maximum atomic E-state index is 10.5. The van der Waals surface area contributed by atoms with Gasteiger partial charge in [0, 0.05) is 16.8 Å². The fourth-order valence-corrected chi connectivity index (χ4v) is 2.35. The lowest BCUT2D eigenvalue weighted by Crippen LogP contribution is -2.23. The van der Waals surface area contributed by atoms with Crippen LogP contribution in [-0.4, -0.2) is 16.3 Å². The number of thiophene rings is 1. The first-order valence-corrected chi connectivity index (χ1v) is 7.25. The molecule has 1 heterocycles. The molecular formula is C12H9ClN4O2S2. The van der Waals surface area contributed by atoms with E-state index in [-0.39, 0.29) is 5.00 Å². The molecule has 2 aromatic rings. The Labute approximate surface area is 134 Å². The summed E-state index contributed by atoms with van der Waals surface area (Å²) in [5, 5.41) is 18.4. The van der Waals surface area contributed by atoms with E-state index in [0.717, 1.165) is 17.0 Å². The van der Waals surface area contributed by atoms with Gasteiger partial charge in [0.25, 0.3) is 0 Å². The van der Waals surface area contributed by atoms with E-state index in [0.29, 0.717) is 15.0 Å². The second kappa shape index (κ2) is 7.11. The van der Waals surface area contributed by atoms with Crippen molar-refractivity contribution in [2.75, 3.05) is 5.32 Å². The van der Waals surface area contributed by atoms with Gasteiger partial charge in [-0.3, -0.25) is 15.5 Å². The molecule has 2 N–H and O–H groups in total. The molecule has 9 heteroatoms. The molecule has 0 fully saturated rings. The third-order valence-corrected chi connectivity index (χ3v) is 3.67. The fraction of sp³-hybridized carbons (Fsp3) is 0. The molecule has 6 nitrogen and oxygen atoms in total. The summed E-state index contributed by atoms with van der Waals surface area (Å²) in [6, 6.07) is 10.1. The third-order valence-electron chi connectivity index (χ3n) is 2.25. The van der Waals surface area contributed by atoms with Crippen LogP contribution in [-0.2, 0) is 0 Å². The molecule has 0 bridgehead atoms. The molecule has 0 aliphatic heterocycles. The number of nitro groups is 1. The molecule has 0 saturated heterocycles. The van der Waals surface area contributed by atoms with Crippen LogP contribution >= 0.6 is 35.2 Å². The summed E-state index contributed by atoms with van der Waals surface area (Å²) in [6.07, 6.45) is 1.47. The highest BCUT2D eigenvalue weighted by molar-refractivity contribution is 7.80. The quantitative estimate of drug-likeness (QED) is 0.384. The van der Waals surface area contributed by atoms with E-state index in [4.69, 9.17) is 23.8 Å². The fourth-order valence-electron chi connectivity index (χ4n) is 1.36. The van der Waals surface area contributed by atoms with Gasteiger partial charge >= 0.3 is 5.00 Å². The standard InChI is InChI=1S/C12H9ClN4O2S2/c13-8-1-3-9(4-2-8)15-12(20)16-14-7-10-5-6-11(21-10)17(18)19/h1-7H,(H2,15,16,20)/b14-7+. The highest BCUT2D eigenvalue weighted by Crippen LogP contribution is 2.22. The second-order valence-electron chi connectivity index (χ2n) is 3.76. The van der Waals surface area contributed by atoms with Gasteiger partial charge in [0.05, 0.1) is 16.0 Å². The molecule has 2 rings (SSSR count). The summed E-state index contributed by atoms with van der Waals surface area (Å²) >= 11 is 11.9. The van der Waals surface area contributed by atoms with Crippen LogP contribution in [0.25, 0.3) is 0 Å². The second-order valence-corrected chi connectivity index (χ2v) is 5.70. The summed E-state index contributed by atoms with van der Waals surface area (Å²) in [6.45, 7) is 0. The van der Waals surface area contributed by atoms with Crippen molar-refractivity contribution >= 4 is 57.2 Å². The van der Waals surface area contributed by atoms with Gasteiger partial charge < -0.3 is 5.32 Å². The molecule has 1 aromatic heterocycles. The molecule has 0 amide bonds. The van der Waals surface area contributed by atoms with Gasteiger partial charge in [0.15, 0.2) is 5.11 Å². The molecule has 0 radical (unpaired) electrons. The van der Waals surface area contributed by atoms with Crippen LogP contribution in [0, 0.1) is 10.1 Å². The number of thiocarbonyl (C=S) groups is 1. The monoisotopic (exact) mass is 340 g/mol. The molecule has 0 spiro atoms. The van der Waals surface area contributed by atoms with E-state index in [9.17, 15) is 10.1 Å². The molecule has 0 atom stereocenters. The average molecular weight is 341 g/mol. The van der Waals surface area contributed by atoms with Gasteiger partial charge in [0.2, 0.25) is 0 Å². The van der Waals surface area contributed by atoms with Crippen LogP contribution in [0.1, 0.15) is 4.88 Å². The topological polar surface area (TPSA) is 79.6 Å². The number of rotatable bonds is 4. The number of anilines is 1. The van der Waals surface area contributed by atoms with Crippen LogP contribution in [0.5, 0.6) is 0 Å². The van der Waals surface area contributed by atoms with Gasteiger partial charge in [-0.1, -0.05) is 22.9 Å². The number of hydrazone groups is 1. The minimum Gasteiger partial charge on any atom is -0.331 e. The average Bonchev–Trinajstić information content (AvgIpc) is 2.90. The Morgan fingerprint density at radius 1 is 1.33 bits per heavy atom. The molecule has 1 aromatic carbocycles. The number of benzene rings is 1. The lowest BCUT2D eigenvalue weighted by molar-refractivity contribution is -0.380. The van der Waals surface area contributed by atoms with Crippen LogP contribution < -0.4 is 10.7 Å². The smallest absolute Gasteiger partial charge is 0.324 e. The predicted octanol–water partition coefficient (Wildman–Crippen LogP) is 3.63. The number of hydrogen-bond donors (Lipinski definition) is 2. The first-order chi connectivity index (χ1) is 10.0. The normalized spacial score (nSPS) is 10.5. The van der Waals surface area contributed by atoms with E-state index >= 15 is 0 Å². The van der Waals surface area contributed by atoms with Crippen LogP contribution in [0.3, 0.4) is 0 Å². The SMILES string of the molecule is O=[N+]([O-])c1ccc(/C=N/NC(=S)Nc2ccc(Cl)cc2)s1. The van der Waals surface area contributed by atoms with E-state index in [2.05, 4.69) is 15.8 Å². The van der Waals surface area contributed by atoms with Crippen molar-refractivity contribution < 1.29 is 4.92 Å². The maximum absolute atomic E-state index is 10.5. The van der Waals surface area contributed by atoms with Crippen molar-refractivity contribution in [3.8, 4) is 0 Å². The van der Waals surface area contributed by atoms with Crippen LogP contribution in [0.15, 0.2) is 41.5 Å². The van der Waals surface area contributed by atoms with Crippen LogP contribution in [0.4, 0.5) is 10.7 Å². The third kappa shape index (κ3) is 4.78. The minimum atomic E-state index is -0.442. The van der Waals surface area contributed by atoms with Gasteiger partial charge in [-0.15, -0.1) is 0 Å². The first kappa shape index (κ1) is 15.4. The van der Waals surface area contributed by atoms with E-state index in [1.807, 2.05) is 0 Å². The predicted molar refractivity (Wildman–Crippen MR) is 89.4 cm³/mol. The molecular weight excluding hydrogens is 332 g/mol. The Bertz CT molecular complexity index is 685. The van der Waals surface area contributed by atoms with Crippen molar-refractivity contribution in [1.29, 1.82) is 0 Å². The first-order valence-electron chi connectivity index (χ1n) is 5.64.